The summed E-state index contributed by atoms with van der Waals surface area (Å²) in [5.74, 6) is 0.0935. The number of nitrogens with zero attached hydrogens (tertiary/aromatic N) is 1. The van der Waals surface area contributed by atoms with E-state index in [-0.39, 0.29) is 35.2 Å². The Morgan fingerprint density at radius 3 is 2.56 bits per heavy atom. The van der Waals surface area contributed by atoms with Gasteiger partial charge in [0.1, 0.15) is 12.4 Å². The average molecular weight is 341 g/mol. The molecule has 6 heteroatoms. The molecule has 1 heterocycles. The van der Waals surface area contributed by atoms with Crippen LogP contribution in [0.15, 0.2) is 65.6 Å². The van der Waals surface area contributed by atoms with Gasteiger partial charge in [-0.25, -0.2) is 4.39 Å². The smallest absolute Gasteiger partial charge is 0.297 e. The Kier molecular flexibility index (Phi) is 4.70. The molecule has 0 fully saturated rings. The van der Waals surface area contributed by atoms with Crippen molar-refractivity contribution in [2.45, 2.75) is 6.61 Å². The summed E-state index contributed by atoms with van der Waals surface area (Å²) in [6.07, 6.45) is 1.60. The first kappa shape index (κ1) is 16.6. The lowest BCUT2D eigenvalue weighted by molar-refractivity contribution is 0.300. The number of hydrogen-bond acceptors (Lipinski definition) is 4. The van der Waals surface area contributed by atoms with Gasteiger partial charge in [0.2, 0.25) is 0 Å². The quantitative estimate of drug-likeness (QED) is 0.774. The molecule has 0 aliphatic rings. The number of ether oxygens (including phenoxy) is 2. The fourth-order valence-electron chi connectivity index (χ4n) is 2.35. The number of halogens is 1. The fraction of sp³-hybridized carbons (Fsp3) is 0.105. The second-order valence-corrected chi connectivity index (χ2v) is 5.32. The van der Waals surface area contributed by atoms with Gasteiger partial charge in [0.15, 0.2) is 17.2 Å². The largest absolute Gasteiger partial charge is 0.504 e. The highest BCUT2D eigenvalue weighted by Gasteiger charge is 2.09. The van der Waals surface area contributed by atoms with Crippen molar-refractivity contribution in [1.29, 1.82) is 0 Å². The van der Waals surface area contributed by atoms with Gasteiger partial charge >= 0.3 is 0 Å². The van der Waals surface area contributed by atoms with E-state index in [0.29, 0.717) is 5.69 Å². The van der Waals surface area contributed by atoms with E-state index < -0.39 is 0 Å². The van der Waals surface area contributed by atoms with Gasteiger partial charge in [-0.05, 0) is 42.0 Å². The third-order valence-corrected chi connectivity index (χ3v) is 3.66. The van der Waals surface area contributed by atoms with Gasteiger partial charge in [-0.15, -0.1) is 0 Å². The van der Waals surface area contributed by atoms with E-state index in [1.54, 1.807) is 42.6 Å². The standard InChI is InChI=1S/C19H16FNO4/c1-24-18-11-15(8-9-16(18)22)21-10-2-3-17(19(21)23)25-12-13-4-6-14(20)7-5-13/h2-11,22H,12H2,1H3. The summed E-state index contributed by atoms with van der Waals surface area (Å²) in [6, 6.07) is 13.7. The van der Waals surface area contributed by atoms with Crippen LogP contribution in [0.5, 0.6) is 17.2 Å². The van der Waals surface area contributed by atoms with Crippen LogP contribution in [-0.4, -0.2) is 16.8 Å². The predicted molar refractivity (Wildman–Crippen MR) is 91.0 cm³/mol. The van der Waals surface area contributed by atoms with Crippen molar-refractivity contribution in [2.75, 3.05) is 7.11 Å². The van der Waals surface area contributed by atoms with Crippen molar-refractivity contribution in [3.8, 4) is 22.9 Å². The molecule has 0 saturated carbocycles. The molecule has 0 amide bonds. The minimum absolute atomic E-state index is 0.0111. The molecule has 0 bridgehead atoms. The van der Waals surface area contributed by atoms with Crippen LogP contribution in [0, 0.1) is 5.82 Å². The molecule has 0 unspecified atom stereocenters. The van der Waals surface area contributed by atoms with Crippen LogP contribution in [0.3, 0.4) is 0 Å². The number of methoxy groups -OCH3 is 1. The lowest BCUT2D eigenvalue weighted by atomic mass is 10.2. The lowest BCUT2D eigenvalue weighted by Gasteiger charge is -2.11. The van der Waals surface area contributed by atoms with Crippen molar-refractivity contribution < 1.29 is 19.0 Å². The zero-order chi connectivity index (χ0) is 17.8. The third kappa shape index (κ3) is 3.63. The number of pyridine rings is 1. The van der Waals surface area contributed by atoms with Gasteiger partial charge in [-0.3, -0.25) is 9.36 Å². The molecular weight excluding hydrogens is 325 g/mol. The summed E-state index contributed by atoms with van der Waals surface area (Å²) in [5, 5.41) is 9.67. The van der Waals surface area contributed by atoms with Crippen molar-refractivity contribution in [3.05, 3.63) is 82.5 Å². The molecule has 3 aromatic rings. The van der Waals surface area contributed by atoms with Gasteiger partial charge in [0.05, 0.1) is 12.8 Å². The van der Waals surface area contributed by atoms with Gasteiger partial charge < -0.3 is 14.6 Å². The molecule has 25 heavy (non-hydrogen) atoms. The van der Waals surface area contributed by atoms with E-state index in [1.807, 2.05) is 0 Å². The van der Waals surface area contributed by atoms with Crippen molar-refractivity contribution in [1.82, 2.24) is 4.57 Å². The van der Waals surface area contributed by atoms with Crippen molar-refractivity contribution in [2.24, 2.45) is 0 Å². The molecule has 2 aromatic carbocycles. The number of phenolic OH excluding ortho intramolecular Hbond substituents is 1. The molecule has 0 spiro atoms. The Bertz CT molecular complexity index is 935. The van der Waals surface area contributed by atoms with E-state index in [2.05, 4.69) is 0 Å². The van der Waals surface area contributed by atoms with Crippen molar-refractivity contribution >= 4 is 0 Å². The highest BCUT2D eigenvalue weighted by atomic mass is 19.1. The topological polar surface area (TPSA) is 60.7 Å². The highest BCUT2D eigenvalue weighted by molar-refractivity contribution is 5.48. The minimum atomic E-state index is -0.350. The van der Waals surface area contributed by atoms with Gasteiger partial charge in [-0.1, -0.05) is 12.1 Å². The number of aromatic nitrogens is 1. The van der Waals surface area contributed by atoms with Gasteiger partial charge in [0, 0.05) is 12.3 Å². The molecule has 0 aliphatic carbocycles. The lowest BCUT2D eigenvalue weighted by Crippen LogP contribution is -2.19. The molecule has 1 aromatic heterocycles. The highest BCUT2D eigenvalue weighted by Crippen LogP contribution is 2.27. The molecule has 3 rings (SSSR count). The van der Waals surface area contributed by atoms with Crippen LogP contribution in [0.2, 0.25) is 0 Å². The zero-order valence-electron chi connectivity index (χ0n) is 13.5. The molecule has 0 radical (unpaired) electrons. The third-order valence-electron chi connectivity index (χ3n) is 3.66. The maximum absolute atomic E-state index is 12.9. The molecule has 0 atom stereocenters. The van der Waals surface area contributed by atoms with E-state index in [0.717, 1.165) is 5.56 Å². The Morgan fingerprint density at radius 1 is 1.08 bits per heavy atom. The molecular formula is C19H16FNO4. The number of benzene rings is 2. The molecule has 0 aliphatic heterocycles. The van der Waals surface area contributed by atoms with Crippen LogP contribution < -0.4 is 15.0 Å². The first-order chi connectivity index (χ1) is 12.1. The Morgan fingerprint density at radius 2 is 1.84 bits per heavy atom. The number of rotatable bonds is 5. The summed E-state index contributed by atoms with van der Waals surface area (Å²) in [6.45, 7) is 0.151. The van der Waals surface area contributed by atoms with E-state index in [4.69, 9.17) is 9.47 Å². The van der Waals surface area contributed by atoms with E-state index in [1.165, 1.54) is 29.9 Å². The Labute approximate surface area is 143 Å². The maximum Gasteiger partial charge on any atom is 0.297 e. The molecule has 128 valence electrons. The number of phenols is 1. The SMILES string of the molecule is COc1cc(-n2cccc(OCc3ccc(F)cc3)c2=O)ccc1O. The van der Waals surface area contributed by atoms with Crippen molar-refractivity contribution in [3.63, 3.8) is 0 Å². The van der Waals surface area contributed by atoms with E-state index >= 15 is 0 Å². The molecule has 0 saturated heterocycles. The molecule has 5 nitrogen and oxygen atoms in total. The zero-order valence-corrected chi connectivity index (χ0v) is 13.5. The first-order valence-corrected chi connectivity index (χ1v) is 7.55. The monoisotopic (exact) mass is 341 g/mol. The van der Waals surface area contributed by atoms with E-state index in [9.17, 15) is 14.3 Å². The first-order valence-electron chi connectivity index (χ1n) is 7.55. The van der Waals surface area contributed by atoms with Crippen LogP contribution in [0.1, 0.15) is 5.56 Å². The number of aromatic hydroxyl groups is 1. The van der Waals surface area contributed by atoms with Crippen LogP contribution in [-0.2, 0) is 6.61 Å². The Hall–Kier alpha value is -3.28. The maximum atomic E-state index is 12.9. The van der Waals surface area contributed by atoms with Crippen LogP contribution >= 0.6 is 0 Å². The second kappa shape index (κ2) is 7.09. The molecule has 1 N–H and O–H groups in total. The average Bonchev–Trinajstić information content (AvgIpc) is 2.63. The summed E-state index contributed by atoms with van der Waals surface area (Å²) < 4.78 is 24.9. The second-order valence-electron chi connectivity index (χ2n) is 5.32. The van der Waals surface area contributed by atoms with Crippen LogP contribution in [0.25, 0.3) is 5.69 Å². The summed E-state index contributed by atoms with van der Waals surface area (Å²) in [7, 11) is 1.43. The summed E-state index contributed by atoms with van der Waals surface area (Å²) in [4.78, 5) is 12.6. The fourth-order valence-corrected chi connectivity index (χ4v) is 2.35. The Balaban J connectivity index is 1.87. The van der Waals surface area contributed by atoms with Gasteiger partial charge in [-0.2, -0.15) is 0 Å². The summed E-state index contributed by atoms with van der Waals surface area (Å²) in [5.41, 5.74) is 0.937. The normalized spacial score (nSPS) is 10.5. The number of hydrogen-bond donors (Lipinski definition) is 1. The minimum Gasteiger partial charge on any atom is -0.504 e. The van der Waals surface area contributed by atoms with Gasteiger partial charge in [0.25, 0.3) is 5.56 Å². The summed E-state index contributed by atoms with van der Waals surface area (Å²) >= 11 is 0. The predicted octanol–water partition coefficient (Wildman–Crippen LogP) is 3.27. The van der Waals surface area contributed by atoms with Crippen LogP contribution in [0.4, 0.5) is 4.39 Å².